The molecule has 0 radical (unpaired) electrons. The van der Waals surface area contributed by atoms with E-state index in [0.717, 1.165) is 17.0 Å². The van der Waals surface area contributed by atoms with Gasteiger partial charge >= 0.3 is 0 Å². The number of benzene rings is 3. The van der Waals surface area contributed by atoms with E-state index in [1.165, 1.54) is 0 Å². The van der Waals surface area contributed by atoms with Crippen LogP contribution in [0.5, 0.6) is 5.75 Å². The number of anilines is 1. The number of rotatable bonds is 7. The van der Waals surface area contributed by atoms with Gasteiger partial charge in [0.15, 0.2) is 5.78 Å². The lowest BCUT2D eigenvalue weighted by atomic mass is 9.97. The molecule has 0 amide bonds. The second kappa shape index (κ2) is 8.94. The topological polar surface area (TPSA) is 38.3 Å². The lowest BCUT2D eigenvalue weighted by Gasteiger charge is -2.20. The van der Waals surface area contributed by atoms with Crippen molar-refractivity contribution in [3.05, 3.63) is 94.0 Å². The van der Waals surface area contributed by atoms with E-state index in [4.69, 9.17) is 27.9 Å². The third-order valence-electron chi connectivity index (χ3n) is 4.26. The van der Waals surface area contributed by atoms with Crippen LogP contribution in [0.4, 0.5) is 5.69 Å². The highest BCUT2D eigenvalue weighted by Gasteiger charge is 2.17. The van der Waals surface area contributed by atoms with Gasteiger partial charge in [0.25, 0.3) is 0 Å². The molecule has 0 aromatic heterocycles. The SMILES string of the molecule is COc1ccc(NC(CC(=O)c2ccc(Cl)cc2)c2ccc(Cl)cc2)cc1. The fourth-order valence-corrected chi connectivity index (χ4v) is 3.03. The summed E-state index contributed by atoms with van der Waals surface area (Å²) in [6, 6.07) is 21.9. The Morgan fingerprint density at radius 2 is 1.44 bits per heavy atom. The van der Waals surface area contributed by atoms with Gasteiger partial charge in [-0.2, -0.15) is 0 Å². The zero-order valence-corrected chi connectivity index (χ0v) is 16.3. The highest BCUT2D eigenvalue weighted by atomic mass is 35.5. The number of nitrogens with one attached hydrogen (secondary N) is 1. The second-order valence-corrected chi connectivity index (χ2v) is 6.98. The third kappa shape index (κ3) is 5.25. The van der Waals surface area contributed by atoms with E-state index in [2.05, 4.69) is 5.32 Å². The van der Waals surface area contributed by atoms with Gasteiger partial charge in [0.1, 0.15) is 5.75 Å². The smallest absolute Gasteiger partial charge is 0.165 e. The summed E-state index contributed by atoms with van der Waals surface area (Å²) in [5.74, 6) is 0.813. The number of methoxy groups -OCH3 is 1. The van der Waals surface area contributed by atoms with Gasteiger partial charge in [-0.25, -0.2) is 0 Å². The molecule has 5 heteroatoms. The summed E-state index contributed by atoms with van der Waals surface area (Å²) in [6.07, 6.45) is 0.301. The average molecular weight is 400 g/mol. The summed E-state index contributed by atoms with van der Waals surface area (Å²) in [4.78, 5) is 12.8. The highest BCUT2D eigenvalue weighted by Crippen LogP contribution is 2.27. The minimum Gasteiger partial charge on any atom is -0.497 e. The zero-order chi connectivity index (χ0) is 19.2. The molecule has 1 N–H and O–H groups in total. The average Bonchev–Trinajstić information content (AvgIpc) is 2.69. The molecule has 3 aromatic carbocycles. The first-order chi connectivity index (χ1) is 13.0. The normalized spacial score (nSPS) is 11.7. The Kier molecular flexibility index (Phi) is 6.38. The molecule has 0 heterocycles. The van der Waals surface area contributed by atoms with E-state index in [9.17, 15) is 4.79 Å². The predicted octanol–water partition coefficient (Wildman–Crippen LogP) is 6.43. The van der Waals surface area contributed by atoms with Crippen molar-refractivity contribution >= 4 is 34.7 Å². The molecule has 0 bridgehead atoms. The summed E-state index contributed by atoms with van der Waals surface area (Å²) in [6.45, 7) is 0. The molecule has 0 saturated heterocycles. The fourth-order valence-electron chi connectivity index (χ4n) is 2.77. The fraction of sp³-hybridized carbons (Fsp3) is 0.136. The Balaban J connectivity index is 1.83. The van der Waals surface area contributed by atoms with Crippen LogP contribution in [-0.2, 0) is 0 Å². The van der Waals surface area contributed by atoms with Crippen molar-refractivity contribution in [2.75, 3.05) is 12.4 Å². The predicted molar refractivity (Wildman–Crippen MR) is 111 cm³/mol. The summed E-state index contributed by atoms with van der Waals surface area (Å²) in [5.41, 5.74) is 2.52. The Bertz CT molecular complexity index is 891. The van der Waals surface area contributed by atoms with Crippen LogP contribution in [0, 0.1) is 0 Å². The highest BCUT2D eigenvalue weighted by molar-refractivity contribution is 6.30. The quantitative estimate of drug-likeness (QED) is 0.465. The van der Waals surface area contributed by atoms with Gasteiger partial charge in [-0.15, -0.1) is 0 Å². The molecule has 0 aliphatic rings. The first-order valence-corrected chi connectivity index (χ1v) is 9.25. The molecular weight excluding hydrogens is 381 g/mol. The van der Waals surface area contributed by atoms with Gasteiger partial charge in [0.05, 0.1) is 13.2 Å². The van der Waals surface area contributed by atoms with Crippen LogP contribution in [0.3, 0.4) is 0 Å². The molecule has 0 spiro atoms. The maximum absolute atomic E-state index is 12.8. The van der Waals surface area contributed by atoms with Crippen molar-refractivity contribution in [1.29, 1.82) is 0 Å². The molecule has 0 saturated carbocycles. The van der Waals surface area contributed by atoms with Crippen LogP contribution in [0.25, 0.3) is 0 Å². The second-order valence-electron chi connectivity index (χ2n) is 6.11. The number of hydrogen-bond acceptors (Lipinski definition) is 3. The van der Waals surface area contributed by atoms with E-state index in [1.54, 1.807) is 31.4 Å². The largest absolute Gasteiger partial charge is 0.497 e. The van der Waals surface area contributed by atoms with E-state index in [1.807, 2.05) is 48.5 Å². The standard InChI is InChI=1S/C22H19Cl2NO2/c1-27-20-12-10-19(11-13-20)25-21(15-2-6-17(23)7-3-15)14-22(26)16-4-8-18(24)9-5-16/h2-13,21,25H,14H2,1H3. The van der Waals surface area contributed by atoms with Crippen molar-refractivity contribution in [2.24, 2.45) is 0 Å². The van der Waals surface area contributed by atoms with Gasteiger partial charge < -0.3 is 10.1 Å². The minimum absolute atomic E-state index is 0.0348. The van der Waals surface area contributed by atoms with E-state index >= 15 is 0 Å². The Hall–Kier alpha value is -2.49. The van der Waals surface area contributed by atoms with Gasteiger partial charge in [0, 0.05) is 27.7 Å². The number of carbonyl (C=O) groups excluding carboxylic acids is 1. The maximum atomic E-state index is 12.8. The van der Waals surface area contributed by atoms with Gasteiger partial charge in [-0.05, 0) is 66.2 Å². The molecule has 0 aliphatic heterocycles. The van der Waals surface area contributed by atoms with E-state index in [-0.39, 0.29) is 11.8 Å². The number of ketones is 1. The van der Waals surface area contributed by atoms with Crippen LogP contribution >= 0.6 is 23.2 Å². The van der Waals surface area contributed by atoms with Gasteiger partial charge in [-0.3, -0.25) is 4.79 Å². The molecule has 138 valence electrons. The maximum Gasteiger partial charge on any atom is 0.165 e. The van der Waals surface area contributed by atoms with E-state index in [0.29, 0.717) is 22.0 Å². The van der Waals surface area contributed by atoms with Gasteiger partial charge in [-0.1, -0.05) is 35.3 Å². The molecular formula is C22H19Cl2NO2. The van der Waals surface area contributed by atoms with Crippen molar-refractivity contribution in [3.8, 4) is 5.75 Å². The minimum atomic E-state index is -0.196. The lowest BCUT2D eigenvalue weighted by molar-refractivity contribution is 0.0976. The Morgan fingerprint density at radius 1 is 0.889 bits per heavy atom. The Labute approximate surface area is 168 Å². The lowest BCUT2D eigenvalue weighted by Crippen LogP contribution is -2.15. The first kappa shape index (κ1) is 19.3. The number of hydrogen-bond donors (Lipinski definition) is 1. The summed E-state index contributed by atoms with van der Waals surface area (Å²) >= 11 is 11.9. The van der Waals surface area contributed by atoms with Crippen LogP contribution in [0.2, 0.25) is 10.0 Å². The summed E-state index contributed by atoms with van der Waals surface area (Å²) < 4.78 is 5.20. The molecule has 1 atom stereocenters. The van der Waals surface area contributed by atoms with Crippen molar-refractivity contribution < 1.29 is 9.53 Å². The van der Waals surface area contributed by atoms with Crippen LogP contribution < -0.4 is 10.1 Å². The number of carbonyl (C=O) groups is 1. The van der Waals surface area contributed by atoms with Gasteiger partial charge in [0.2, 0.25) is 0 Å². The Morgan fingerprint density at radius 3 is 2.00 bits per heavy atom. The van der Waals surface area contributed by atoms with Crippen LogP contribution in [0.15, 0.2) is 72.8 Å². The molecule has 3 rings (SSSR count). The van der Waals surface area contributed by atoms with E-state index < -0.39 is 0 Å². The monoisotopic (exact) mass is 399 g/mol. The molecule has 1 unspecified atom stereocenters. The van der Waals surface area contributed by atoms with Crippen LogP contribution in [0.1, 0.15) is 28.4 Å². The third-order valence-corrected chi connectivity index (χ3v) is 4.76. The molecule has 0 aliphatic carbocycles. The van der Waals surface area contributed by atoms with Crippen LogP contribution in [-0.4, -0.2) is 12.9 Å². The molecule has 3 nitrogen and oxygen atoms in total. The molecule has 27 heavy (non-hydrogen) atoms. The van der Waals surface area contributed by atoms with Crippen molar-refractivity contribution in [2.45, 2.75) is 12.5 Å². The summed E-state index contributed by atoms with van der Waals surface area (Å²) in [5, 5.41) is 4.70. The number of halogens is 2. The first-order valence-electron chi connectivity index (χ1n) is 8.50. The number of Topliss-reactive ketones (excluding diaryl/α,β-unsaturated/α-hetero) is 1. The van der Waals surface area contributed by atoms with Crippen molar-refractivity contribution in [3.63, 3.8) is 0 Å². The summed E-state index contributed by atoms with van der Waals surface area (Å²) in [7, 11) is 1.63. The molecule has 3 aromatic rings. The zero-order valence-electron chi connectivity index (χ0n) is 14.8. The molecule has 0 fully saturated rings. The number of ether oxygens (including phenoxy) is 1. The van der Waals surface area contributed by atoms with Crippen molar-refractivity contribution in [1.82, 2.24) is 0 Å².